The summed E-state index contributed by atoms with van der Waals surface area (Å²) in [5, 5.41) is 3.02. The molecule has 1 N–H and O–H groups in total. The van der Waals surface area contributed by atoms with Crippen LogP contribution in [0.15, 0.2) is 78.9 Å². The monoisotopic (exact) mass is 382 g/mol. The molecule has 0 bridgehead atoms. The normalized spacial score (nSPS) is 20.6. The maximum atomic E-state index is 13.4. The number of hydrogen-bond acceptors (Lipinski definition) is 2. The van der Waals surface area contributed by atoms with Crippen LogP contribution in [0.25, 0.3) is 11.1 Å². The molecule has 1 spiro atoms. The minimum Gasteiger partial charge on any atom is -0.319 e. The first-order chi connectivity index (χ1) is 14.2. The van der Waals surface area contributed by atoms with Crippen molar-refractivity contribution >= 4 is 11.9 Å². The minimum absolute atomic E-state index is 0.137. The highest BCUT2D eigenvalue weighted by Gasteiger charge is 2.53. The lowest BCUT2D eigenvalue weighted by Crippen LogP contribution is -2.46. The molecule has 4 nitrogen and oxygen atoms in total. The molecule has 5 rings (SSSR count). The van der Waals surface area contributed by atoms with Crippen LogP contribution < -0.4 is 5.32 Å². The van der Waals surface area contributed by atoms with Crippen LogP contribution >= 0.6 is 0 Å². The van der Waals surface area contributed by atoms with Crippen LogP contribution in [-0.4, -0.2) is 16.8 Å². The van der Waals surface area contributed by atoms with Gasteiger partial charge in [0, 0.05) is 0 Å². The predicted molar refractivity (Wildman–Crippen MR) is 112 cm³/mol. The number of imide groups is 1. The van der Waals surface area contributed by atoms with Gasteiger partial charge in [-0.15, -0.1) is 0 Å². The molecule has 3 amide bonds. The van der Waals surface area contributed by atoms with Crippen LogP contribution in [0.2, 0.25) is 0 Å². The maximum Gasteiger partial charge on any atom is 0.325 e. The van der Waals surface area contributed by atoms with E-state index in [-0.39, 0.29) is 18.5 Å². The van der Waals surface area contributed by atoms with Crippen LogP contribution in [0.1, 0.15) is 29.5 Å². The largest absolute Gasteiger partial charge is 0.325 e. The third kappa shape index (κ3) is 2.92. The molecule has 3 aromatic carbocycles. The average Bonchev–Trinajstić information content (AvgIpc) is 3.00. The van der Waals surface area contributed by atoms with Crippen molar-refractivity contribution in [2.45, 2.75) is 31.3 Å². The molecule has 1 saturated heterocycles. The minimum atomic E-state index is -0.907. The van der Waals surface area contributed by atoms with Crippen LogP contribution in [0.3, 0.4) is 0 Å². The third-order valence-electron chi connectivity index (χ3n) is 6.05. The Hall–Kier alpha value is -3.40. The van der Waals surface area contributed by atoms with Crippen molar-refractivity contribution in [3.05, 3.63) is 95.6 Å². The fourth-order valence-corrected chi connectivity index (χ4v) is 4.57. The first-order valence-electron chi connectivity index (χ1n) is 10.0. The number of rotatable bonds is 3. The molecule has 0 radical (unpaired) electrons. The van der Waals surface area contributed by atoms with E-state index in [1.165, 1.54) is 4.90 Å². The van der Waals surface area contributed by atoms with Gasteiger partial charge in [0.2, 0.25) is 0 Å². The maximum absolute atomic E-state index is 13.4. The fourth-order valence-electron chi connectivity index (χ4n) is 4.57. The molecule has 0 aromatic heterocycles. The Bertz CT molecular complexity index is 1080. The van der Waals surface area contributed by atoms with Crippen molar-refractivity contribution in [1.29, 1.82) is 0 Å². The van der Waals surface area contributed by atoms with E-state index in [1.54, 1.807) is 0 Å². The number of carbonyl (C=O) groups excluding carboxylic acids is 2. The molecule has 0 unspecified atom stereocenters. The summed E-state index contributed by atoms with van der Waals surface area (Å²) in [5.74, 6) is -0.137. The van der Waals surface area contributed by atoms with Crippen molar-refractivity contribution in [3.8, 4) is 11.1 Å². The van der Waals surface area contributed by atoms with Gasteiger partial charge in [-0.2, -0.15) is 0 Å². The van der Waals surface area contributed by atoms with E-state index < -0.39 is 5.54 Å². The summed E-state index contributed by atoms with van der Waals surface area (Å²) in [7, 11) is 0. The second-order valence-corrected chi connectivity index (χ2v) is 7.80. The van der Waals surface area contributed by atoms with Gasteiger partial charge in [-0.05, 0) is 47.1 Å². The Morgan fingerprint density at radius 3 is 2.31 bits per heavy atom. The zero-order valence-electron chi connectivity index (χ0n) is 16.1. The van der Waals surface area contributed by atoms with Crippen LogP contribution in [0.5, 0.6) is 0 Å². The van der Waals surface area contributed by atoms with Gasteiger partial charge in [-0.3, -0.25) is 9.69 Å². The molecule has 1 aliphatic heterocycles. The second-order valence-electron chi connectivity index (χ2n) is 7.80. The molecule has 1 heterocycles. The Morgan fingerprint density at radius 1 is 0.828 bits per heavy atom. The summed E-state index contributed by atoms with van der Waals surface area (Å²) in [6.45, 7) is 0.281. The Labute approximate surface area is 170 Å². The summed E-state index contributed by atoms with van der Waals surface area (Å²) >= 11 is 0. The Balaban J connectivity index is 1.41. The number of amides is 3. The van der Waals surface area contributed by atoms with Crippen LogP contribution in [0.4, 0.5) is 4.79 Å². The third-order valence-corrected chi connectivity index (χ3v) is 6.05. The standard InChI is InChI=1S/C25H22N2O2/c28-23-25(16-6-10-21-9-4-5-11-22(21)25)26-24(29)27(23)17-18-12-14-20(15-13-18)19-7-2-1-3-8-19/h1-5,7-9,11-15H,6,10,16-17H2,(H,26,29)/t25-/m0/s1. The lowest BCUT2D eigenvalue weighted by atomic mass is 9.76. The van der Waals surface area contributed by atoms with E-state index >= 15 is 0 Å². The van der Waals surface area contributed by atoms with Gasteiger partial charge in [0.25, 0.3) is 5.91 Å². The number of aryl methyl sites for hydroxylation is 1. The molecular formula is C25H22N2O2. The van der Waals surface area contributed by atoms with E-state index in [0.29, 0.717) is 6.42 Å². The van der Waals surface area contributed by atoms with Crippen LogP contribution in [-0.2, 0) is 23.3 Å². The molecule has 1 aliphatic carbocycles. The predicted octanol–water partition coefficient (Wildman–Crippen LogP) is 4.64. The smallest absolute Gasteiger partial charge is 0.319 e. The quantitative estimate of drug-likeness (QED) is 0.671. The molecule has 29 heavy (non-hydrogen) atoms. The van der Waals surface area contributed by atoms with Crippen molar-refractivity contribution < 1.29 is 9.59 Å². The number of hydrogen-bond donors (Lipinski definition) is 1. The summed E-state index contributed by atoms with van der Waals surface area (Å²) in [6.07, 6.45) is 2.49. The van der Waals surface area contributed by atoms with Gasteiger partial charge in [0.1, 0.15) is 5.54 Å². The summed E-state index contributed by atoms with van der Waals surface area (Å²) in [5.41, 5.74) is 4.40. The number of benzene rings is 3. The lowest BCUT2D eigenvalue weighted by Gasteiger charge is -2.33. The van der Waals surface area contributed by atoms with Crippen LogP contribution in [0, 0.1) is 0 Å². The second kappa shape index (κ2) is 6.89. The van der Waals surface area contributed by atoms with E-state index in [4.69, 9.17) is 0 Å². The van der Waals surface area contributed by atoms with Crippen molar-refractivity contribution in [2.75, 3.05) is 0 Å². The van der Waals surface area contributed by atoms with E-state index in [2.05, 4.69) is 23.5 Å². The lowest BCUT2D eigenvalue weighted by molar-refractivity contribution is -0.132. The highest BCUT2D eigenvalue weighted by Crippen LogP contribution is 2.40. The summed E-state index contributed by atoms with van der Waals surface area (Å²) in [6, 6.07) is 25.9. The van der Waals surface area contributed by atoms with E-state index in [0.717, 1.165) is 40.7 Å². The fraction of sp³-hybridized carbons (Fsp3) is 0.200. The topological polar surface area (TPSA) is 49.4 Å². The Kier molecular flexibility index (Phi) is 4.20. The average molecular weight is 382 g/mol. The zero-order valence-corrected chi connectivity index (χ0v) is 16.1. The molecular weight excluding hydrogens is 360 g/mol. The highest BCUT2D eigenvalue weighted by molar-refractivity contribution is 6.07. The van der Waals surface area contributed by atoms with Gasteiger partial charge in [-0.25, -0.2) is 4.79 Å². The molecule has 144 valence electrons. The van der Waals surface area contributed by atoms with Gasteiger partial charge >= 0.3 is 6.03 Å². The van der Waals surface area contributed by atoms with E-state index in [1.807, 2.05) is 60.7 Å². The molecule has 1 atom stereocenters. The van der Waals surface area contributed by atoms with Crippen molar-refractivity contribution in [2.24, 2.45) is 0 Å². The summed E-state index contributed by atoms with van der Waals surface area (Å²) < 4.78 is 0. The zero-order chi connectivity index (χ0) is 19.8. The van der Waals surface area contributed by atoms with Gasteiger partial charge in [0.15, 0.2) is 0 Å². The van der Waals surface area contributed by atoms with Crippen molar-refractivity contribution in [1.82, 2.24) is 10.2 Å². The molecule has 4 heteroatoms. The molecule has 3 aromatic rings. The molecule has 1 fully saturated rings. The first-order valence-corrected chi connectivity index (χ1v) is 10.0. The Morgan fingerprint density at radius 2 is 1.52 bits per heavy atom. The molecule has 2 aliphatic rings. The number of urea groups is 1. The van der Waals surface area contributed by atoms with E-state index in [9.17, 15) is 9.59 Å². The SMILES string of the molecule is O=C1N[C@]2(CCCc3ccccc32)C(=O)N1Cc1ccc(-c2ccccc2)cc1. The van der Waals surface area contributed by atoms with Crippen molar-refractivity contribution in [3.63, 3.8) is 0 Å². The summed E-state index contributed by atoms with van der Waals surface area (Å²) in [4.78, 5) is 27.5. The first kappa shape index (κ1) is 17.7. The number of nitrogens with zero attached hydrogens (tertiary/aromatic N) is 1. The number of nitrogens with one attached hydrogen (secondary N) is 1. The number of fused-ring (bicyclic) bond motifs is 2. The number of carbonyl (C=O) groups is 2. The van der Waals surface area contributed by atoms with Gasteiger partial charge < -0.3 is 5.32 Å². The van der Waals surface area contributed by atoms with Gasteiger partial charge in [-0.1, -0.05) is 78.9 Å². The molecule has 0 saturated carbocycles. The highest BCUT2D eigenvalue weighted by atomic mass is 16.2. The van der Waals surface area contributed by atoms with Gasteiger partial charge in [0.05, 0.1) is 6.54 Å².